The maximum absolute atomic E-state index is 11.8. The van der Waals surface area contributed by atoms with E-state index in [9.17, 15) is 4.79 Å². The highest BCUT2D eigenvalue weighted by Gasteiger charge is 2.11. The van der Waals surface area contributed by atoms with Crippen LogP contribution in [-0.4, -0.2) is 12.1 Å². The van der Waals surface area contributed by atoms with Gasteiger partial charge in [-0.25, -0.2) is 4.79 Å². The molecule has 0 saturated carbocycles. The van der Waals surface area contributed by atoms with Gasteiger partial charge in [0, 0.05) is 23.1 Å². The van der Waals surface area contributed by atoms with Crippen LogP contribution in [0.15, 0.2) is 91.0 Å². The van der Waals surface area contributed by atoms with Gasteiger partial charge in [0.1, 0.15) is 0 Å². The molecule has 0 N–H and O–H groups in total. The first-order valence-corrected chi connectivity index (χ1v) is 9.56. The number of carbonyl (C=O) groups excluding carboxylic acids is 1. The summed E-state index contributed by atoms with van der Waals surface area (Å²) >= 11 is 0. The van der Waals surface area contributed by atoms with Crippen LogP contribution in [-0.2, 0) is 9.53 Å². The maximum atomic E-state index is 11.8. The van der Waals surface area contributed by atoms with Crippen molar-refractivity contribution in [1.82, 2.24) is 0 Å². The van der Waals surface area contributed by atoms with Gasteiger partial charge in [-0.2, -0.15) is 0 Å². The summed E-state index contributed by atoms with van der Waals surface area (Å²) in [6, 6.07) is 28.6. The second kappa shape index (κ2) is 9.56. The van der Waals surface area contributed by atoms with Gasteiger partial charge in [-0.15, -0.1) is 0 Å². The SMILES string of the molecule is CCC(C)OC(=O)/C=C/c1ccc(N(c2ccccc2)c2ccccc2)cc1. The summed E-state index contributed by atoms with van der Waals surface area (Å²) in [7, 11) is 0. The Bertz CT molecular complexity index is 863. The molecule has 3 rings (SSSR count). The normalized spacial score (nSPS) is 11.9. The molecule has 0 aromatic heterocycles. The van der Waals surface area contributed by atoms with Crippen molar-refractivity contribution in [2.75, 3.05) is 4.90 Å². The van der Waals surface area contributed by atoms with Gasteiger partial charge in [-0.05, 0) is 61.4 Å². The first-order valence-electron chi connectivity index (χ1n) is 9.56. The highest BCUT2D eigenvalue weighted by molar-refractivity contribution is 5.87. The van der Waals surface area contributed by atoms with E-state index in [0.717, 1.165) is 29.0 Å². The molecule has 0 aliphatic carbocycles. The van der Waals surface area contributed by atoms with Crippen LogP contribution in [0.5, 0.6) is 0 Å². The number of nitrogens with zero attached hydrogens (tertiary/aromatic N) is 1. The molecule has 0 spiro atoms. The predicted octanol–water partition coefficient (Wildman–Crippen LogP) is 6.51. The van der Waals surface area contributed by atoms with Gasteiger partial charge in [-0.3, -0.25) is 0 Å². The number of hydrogen-bond acceptors (Lipinski definition) is 3. The van der Waals surface area contributed by atoms with E-state index in [2.05, 4.69) is 41.3 Å². The first kappa shape index (κ1) is 19.4. The minimum Gasteiger partial charge on any atom is -0.460 e. The lowest BCUT2D eigenvalue weighted by Crippen LogP contribution is -2.11. The van der Waals surface area contributed by atoms with Crippen molar-refractivity contribution in [3.8, 4) is 0 Å². The highest BCUT2D eigenvalue weighted by Crippen LogP contribution is 2.34. The Morgan fingerprint density at radius 2 is 1.36 bits per heavy atom. The fourth-order valence-electron chi connectivity index (χ4n) is 2.82. The Kier molecular flexibility index (Phi) is 6.64. The molecule has 0 aliphatic rings. The summed E-state index contributed by atoms with van der Waals surface area (Å²) in [6.07, 6.45) is 4.00. The molecule has 0 saturated heterocycles. The zero-order valence-corrected chi connectivity index (χ0v) is 16.3. The number of para-hydroxylation sites is 2. The number of rotatable bonds is 7. The van der Waals surface area contributed by atoms with Crippen LogP contribution in [0.2, 0.25) is 0 Å². The van der Waals surface area contributed by atoms with Crippen molar-refractivity contribution < 1.29 is 9.53 Å². The van der Waals surface area contributed by atoms with Gasteiger partial charge in [0.25, 0.3) is 0 Å². The van der Waals surface area contributed by atoms with Crippen LogP contribution in [0.3, 0.4) is 0 Å². The van der Waals surface area contributed by atoms with E-state index in [1.807, 2.05) is 62.4 Å². The van der Waals surface area contributed by atoms with Crippen LogP contribution >= 0.6 is 0 Å². The second-order valence-electron chi connectivity index (χ2n) is 6.59. The van der Waals surface area contributed by atoms with Crippen molar-refractivity contribution in [3.63, 3.8) is 0 Å². The van der Waals surface area contributed by atoms with E-state index in [4.69, 9.17) is 4.74 Å². The highest BCUT2D eigenvalue weighted by atomic mass is 16.5. The lowest BCUT2D eigenvalue weighted by Gasteiger charge is -2.25. The Morgan fingerprint density at radius 1 is 0.857 bits per heavy atom. The lowest BCUT2D eigenvalue weighted by molar-refractivity contribution is -0.142. The molecule has 0 amide bonds. The third-order valence-electron chi connectivity index (χ3n) is 4.48. The molecule has 0 bridgehead atoms. The van der Waals surface area contributed by atoms with Gasteiger partial charge in [0.15, 0.2) is 0 Å². The van der Waals surface area contributed by atoms with Crippen LogP contribution in [0.1, 0.15) is 25.8 Å². The predicted molar refractivity (Wildman–Crippen MR) is 116 cm³/mol. The van der Waals surface area contributed by atoms with Crippen molar-refractivity contribution >= 4 is 29.1 Å². The van der Waals surface area contributed by atoms with E-state index < -0.39 is 0 Å². The summed E-state index contributed by atoms with van der Waals surface area (Å²) in [6.45, 7) is 3.88. The fraction of sp³-hybridized carbons (Fsp3) is 0.160. The van der Waals surface area contributed by atoms with Crippen molar-refractivity contribution in [3.05, 3.63) is 96.6 Å². The van der Waals surface area contributed by atoms with Gasteiger partial charge in [-0.1, -0.05) is 55.5 Å². The van der Waals surface area contributed by atoms with Crippen LogP contribution in [0.4, 0.5) is 17.1 Å². The summed E-state index contributed by atoms with van der Waals surface area (Å²) in [5.74, 6) is -0.311. The lowest BCUT2D eigenvalue weighted by atomic mass is 10.1. The summed E-state index contributed by atoms with van der Waals surface area (Å²) in [4.78, 5) is 14.0. The molecule has 28 heavy (non-hydrogen) atoms. The molecule has 0 heterocycles. The van der Waals surface area contributed by atoms with Crippen molar-refractivity contribution in [2.45, 2.75) is 26.4 Å². The zero-order valence-electron chi connectivity index (χ0n) is 16.3. The molecule has 0 aliphatic heterocycles. The zero-order chi connectivity index (χ0) is 19.8. The Labute approximate surface area is 166 Å². The largest absolute Gasteiger partial charge is 0.460 e. The smallest absolute Gasteiger partial charge is 0.331 e. The molecule has 142 valence electrons. The minimum atomic E-state index is -0.311. The molecule has 0 fully saturated rings. The molecule has 3 aromatic rings. The molecular weight excluding hydrogens is 346 g/mol. The van der Waals surface area contributed by atoms with E-state index in [1.54, 1.807) is 6.08 Å². The van der Waals surface area contributed by atoms with Gasteiger partial charge >= 0.3 is 5.97 Å². The third-order valence-corrected chi connectivity index (χ3v) is 4.48. The van der Waals surface area contributed by atoms with E-state index in [0.29, 0.717) is 0 Å². The monoisotopic (exact) mass is 371 g/mol. The van der Waals surface area contributed by atoms with Gasteiger partial charge in [0.2, 0.25) is 0 Å². The molecular formula is C25H25NO2. The number of esters is 1. The molecule has 3 aromatic carbocycles. The summed E-state index contributed by atoms with van der Waals surface area (Å²) in [5, 5.41) is 0. The summed E-state index contributed by atoms with van der Waals surface area (Å²) < 4.78 is 5.26. The molecule has 3 nitrogen and oxygen atoms in total. The quantitative estimate of drug-likeness (QED) is 0.350. The van der Waals surface area contributed by atoms with Crippen LogP contribution < -0.4 is 4.90 Å². The second-order valence-corrected chi connectivity index (χ2v) is 6.59. The standard InChI is InChI=1S/C25H25NO2/c1-3-20(2)28-25(27)19-16-21-14-17-24(18-15-21)26(22-10-6-4-7-11-22)23-12-8-5-9-13-23/h4-20H,3H2,1-2H3/b19-16+. The van der Waals surface area contributed by atoms with E-state index in [1.165, 1.54) is 6.08 Å². The van der Waals surface area contributed by atoms with E-state index >= 15 is 0 Å². The Morgan fingerprint density at radius 3 is 1.86 bits per heavy atom. The number of ether oxygens (including phenoxy) is 1. The molecule has 1 unspecified atom stereocenters. The maximum Gasteiger partial charge on any atom is 0.331 e. The Balaban J connectivity index is 1.82. The number of hydrogen-bond donors (Lipinski definition) is 0. The average molecular weight is 371 g/mol. The fourth-order valence-corrected chi connectivity index (χ4v) is 2.82. The third kappa shape index (κ3) is 5.10. The molecule has 0 radical (unpaired) electrons. The summed E-state index contributed by atoms with van der Waals surface area (Å²) in [5.41, 5.74) is 4.19. The number of anilines is 3. The molecule has 1 atom stereocenters. The van der Waals surface area contributed by atoms with Crippen LogP contribution in [0, 0.1) is 0 Å². The number of benzene rings is 3. The number of carbonyl (C=O) groups is 1. The van der Waals surface area contributed by atoms with Gasteiger partial charge < -0.3 is 9.64 Å². The van der Waals surface area contributed by atoms with Gasteiger partial charge in [0.05, 0.1) is 6.10 Å². The Hall–Kier alpha value is -3.33. The average Bonchev–Trinajstić information content (AvgIpc) is 2.75. The minimum absolute atomic E-state index is 0.0650. The van der Waals surface area contributed by atoms with E-state index in [-0.39, 0.29) is 12.1 Å². The topological polar surface area (TPSA) is 29.5 Å². The van der Waals surface area contributed by atoms with Crippen molar-refractivity contribution in [2.24, 2.45) is 0 Å². The van der Waals surface area contributed by atoms with Crippen molar-refractivity contribution in [1.29, 1.82) is 0 Å². The first-order chi connectivity index (χ1) is 13.7. The van der Waals surface area contributed by atoms with Crippen LogP contribution in [0.25, 0.3) is 6.08 Å². The molecule has 3 heteroatoms.